The molecule has 1 heterocycles. The van der Waals surface area contributed by atoms with Gasteiger partial charge in [-0.15, -0.1) is 0 Å². The number of amides is 1. The fourth-order valence-corrected chi connectivity index (χ4v) is 2.77. The Balaban J connectivity index is 1.65. The summed E-state index contributed by atoms with van der Waals surface area (Å²) in [6.07, 6.45) is 2.19. The van der Waals surface area contributed by atoms with Crippen molar-refractivity contribution in [1.29, 1.82) is 0 Å². The van der Waals surface area contributed by atoms with Gasteiger partial charge in [0.1, 0.15) is 0 Å². The number of hydrogen-bond acceptors (Lipinski definition) is 3. The highest BCUT2D eigenvalue weighted by Gasteiger charge is 2.16. The summed E-state index contributed by atoms with van der Waals surface area (Å²) in [7, 11) is 0. The summed E-state index contributed by atoms with van der Waals surface area (Å²) in [5.41, 5.74) is 2.44. The minimum absolute atomic E-state index is 0.0467. The molecule has 0 saturated carbocycles. The number of para-hydroxylation sites is 2. The second kappa shape index (κ2) is 7.79. The van der Waals surface area contributed by atoms with E-state index in [-0.39, 0.29) is 5.91 Å². The van der Waals surface area contributed by atoms with Crippen LogP contribution in [0.2, 0.25) is 0 Å². The Labute approximate surface area is 136 Å². The predicted octanol–water partition coefficient (Wildman–Crippen LogP) is 3.59. The van der Waals surface area contributed by atoms with E-state index in [9.17, 15) is 4.79 Å². The van der Waals surface area contributed by atoms with Gasteiger partial charge in [0.25, 0.3) is 5.91 Å². The molecule has 0 unspecified atom stereocenters. The van der Waals surface area contributed by atoms with Crippen molar-refractivity contribution in [2.45, 2.75) is 12.8 Å². The third-order valence-corrected chi connectivity index (χ3v) is 4.03. The summed E-state index contributed by atoms with van der Waals surface area (Å²) in [6.45, 7) is 2.25. The van der Waals surface area contributed by atoms with Crippen LogP contribution >= 0.6 is 0 Å². The summed E-state index contributed by atoms with van der Waals surface area (Å²) in [5, 5.41) is 6.34. The second-order valence-corrected chi connectivity index (χ2v) is 5.83. The molecule has 1 aliphatic rings. The Morgan fingerprint density at radius 1 is 1.09 bits per heavy atom. The van der Waals surface area contributed by atoms with Crippen molar-refractivity contribution in [3.05, 3.63) is 60.2 Å². The van der Waals surface area contributed by atoms with E-state index in [0.29, 0.717) is 18.0 Å². The molecule has 1 aliphatic heterocycles. The molecule has 1 saturated heterocycles. The molecule has 23 heavy (non-hydrogen) atoms. The monoisotopic (exact) mass is 310 g/mol. The first-order valence-electron chi connectivity index (χ1n) is 8.10. The van der Waals surface area contributed by atoms with Crippen molar-refractivity contribution < 1.29 is 9.53 Å². The first-order valence-corrected chi connectivity index (χ1v) is 8.10. The smallest absolute Gasteiger partial charge is 0.253 e. The maximum atomic E-state index is 12.5. The van der Waals surface area contributed by atoms with Crippen LogP contribution in [0.15, 0.2) is 54.6 Å². The molecule has 2 aromatic carbocycles. The van der Waals surface area contributed by atoms with Crippen LogP contribution in [0.4, 0.5) is 11.4 Å². The Hall–Kier alpha value is -2.33. The molecular formula is C19H22N2O2. The first-order chi connectivity index (χ1) is 11.3. The normalized spacial score (nSPS) is 17.5. The minimum atomic E-state index is -0.0467. The van der Waals surface area contributed by atoms with Gasteiger partial charge in [0, 0.05) is 18.8 Å². The molecule has 0 aromatic heterocycles. The fourth-order valence-electron chi connectivity index (χ4n) is 2.77. The summed E-state index contributed by atoms with van der Waals surface area (Å²) in [5.74, 6) is 0.372. The van der Waals surface area contributed by atoms with E-state index in [1.165, 1.54) is 0 Å². The fraction of sp³-hybridized carbons (Fsp3) is 0.316. The lowest BCUT2D eigenvalue weighted by atomic mass is 10.0. The Kier molecular flexibility index (Phi) is 5.27. The summed E-state index contributed by atoms with van der Waals surface area (Å²) < 4.78 is 5.46. The molecule has 4 nitrogen and oxygen atoms in total. The molecule has 1 fully saturated rings. The standard InChI is InChI=1S/C19H22N2O2/c22-19(20-13-15-7-6-12-23-14-15)17-10-4-5-11-18(17)21-16-8-2-1-3-9-16/h1-5,8-11,15,21H,6-7,12-14H2,(H,20,22)/t15-/m1/s1. The summed E-state index contributed by atoms with van der Waals surface area (Å²) in [6, 6.07) is 17.4. The zero-order valence-corrected chi connectivity index (χ0v) is 13.1. The average molecular weight is 310 g/mol. The molecule has 3 rings (SSSR count). The van der Waals surface area contributed by atoms with E-state index in [1.807, 2.05) is 54.6 Å². The van der Waals surface area contributed by atoms with E-state index in [2.05, 4.69) is 10.6 Å². The van der Waals surface area contributed by atoms with Crippen molar-refractivity contribution in [2.24, 2.45) is 5.92 Å². The maximum Gasteiger partial charge on any atom is 0.253 e. The molecule has 1 amide bonds. The number of ether oxygens (including phenoxy) is 1. The lowest BCUT2D eigenvalue weighted by Crippen LogP contribution is -2.33. The quantitative estimate of drug-likeness (QED) is 0.887. The Morgan fingerprint density at radius 3 is 2.65 bits per heavy atom. The second-order valence-electron chi connectivity index (χ2n) is 5.83. The van der Waals surface area contributed by atoms with Crippen LogP contribution < -0.4 is 10.6 Å². The van der Waals surface area contributed by atoms with E-state index < -0.39 is 0 Å². The van der Waals surface area contributed by atoms with E-state index in [4.69, 9.17) is 4.74 Å². The van der Waals surface area contributed by atoms with Gasteiger partial charge in [0.05, 0.1) is 17.9 Å². The van der Waals surface area contributed by atoms with Crippen molar-refractivity contribution >= 4 is 17.3 Å². The molecule has 0 bridgehead atoms. The van der Waals surface area contributed by atoms with Crippen LogP contribution in [-0.4, -0.2) is 25.7 Å². The Bertz CT molecular complexity index is 637. The van der Waals surface area contributed by atoms with E-state index in [1.54, 1.807) is 0 Å². The lowest BCUT2D eigenvalue weighted by molar-refractivity contribution is 0.0536. The molecule has 0 radical (unpaired) electrons. The average Bonchev–Trinajstić information content (AvgIpc) is 2.62. The van der Waals surface area contributed by atoms with Crippen molar-refractivity contribution in [3.63, 3.8) is 0 Å². The highest BCUT2D eigenvalue weighted by molar-refractivity contribution is 6.00. The molecule has 4 heteroatoms. The van der Waals surface area contributed by atoms with Crippen LogP contribution in [0.25, 0.3) is 0 Å². The van der Waals surface area contributed by atoms with Gasteiger partial charge in [-0.2, -0.15) is 0 Å². The van der Waals surface area contributed by atoms with Crippen LogP contribution in [0, 0.1) is 5.92 Å². The highest BCUT2D eigenvalue weighted by Crippen LogP contribution is 2.21. The van der Waals surface area contributed by atoms with Crippen molar-refractivity contribution in [2.75, 3.05) is 25.1 Å². The SMILES string of the molecule is O=C(NC[C@H]1CCCOC1)c1ccccc1Nc1ccccc1. The zero-order chi connectivity index (χ0) is 15.9. The molecule has 1 atom stereocenters. The first kappa shape index (κ1) is 15.6. The van der Waals surface area contributed by atoms with Gasteiger partial charge in [0.2, 0.25) is 0 Å². The number of rotatable bonds is 5. The van der Waals surface area contributed by atoms with Gasteiger partial charge in [-0.1, -0.05) is 30.3 Å². The molecule has 2 N–H and O–H groups in total. The van der Waals surface area contributed by atoms with Gasteiger partial charge in [-0.25, -0.2) is 0 Å². The molecule has 2 aromatic rings. The molecule has 0 spiro atoms. The number of carbonyl (C=O) groups is 1. The zero-order valence-electron chi connectivity index (χ0n) is 13.1. The van der Waals surface area contributed by atoms with Crippen LogP contribution in [0.1, 0.15) is 23.2 Å². The van der Waals surface area contributed by atoms with Crippen LogP contribution in [-0.2, 0) is 4.74 Å². The van der Waals surface area contributed by atoms with E-state index >= 15 is 0 Å². The van der Waals surface area contributed by atoms with E-state index in [0.717, 1.165) is 37.4 Å². The lowest BCUT2D eigenvalue weighted by Gasteiger charge is -2.22. The molecule has 0 aliphatic carbocycles. The van der Waals surface area contributed by atoms with Gasteiger partial charge < -0.3 is 15.4 Å². The van der Waals surface area contributed by atoms with Gasteiger partial charge in [-0.05, 0) is 43.0 Å². The number of nitrogens with one attached hydrogen (secondary N) is 2. The number of carbonyl (C=O) groups excluding carboxylic acids is 1. The van der Waals surface area contributed by atoms with Crippen LogP contribution in [0.5, 0.6) is 0 Å². The predicted molar refractivity (Wildman–Crippen MR) is 92.0 cm³/mol. The minimum Gasteiger partial charge on any atom is -0.381 e. The summed E-state index contributed by atoms with van der Waals surface area (Å²) >= 11 is 0. The Morgan fingerprint density at radius 2 is 1.87 bits per heavy atom. The number of benzene rings is 2. The number of anilines is 2. The van der Waals surface area contributed by atoms with Crippen molar-refractivity contribution in [3.8, 4) is 0 Å². The maximum absolute atomic E-state index is 12.5. The largest absolute Gasteiger partial charge is 0.381 e. The third-order valence-electron chi connectivity index (χ3n) is 4.03. The van der Waals surface area contributed by atoms with Crippen molar-refractivity contribution in [1.82, 2.24) is 5.32 Å². The van der Waals surface area contributed by atoms with Crippen LogP contribution in [0.3, 0.4) is 0 Å². The summed E-state index contributed by atoms with van der Waals surface area (Å²) in [4.78, 5) is 12.5. The van der Waals surface area contributed by atoms with Gasteiger partial charge >= 0.3 is 0 Å². The third kappa shape index (κ3) is 4.33. The number of hydrogen-bond donors (Lipinski definition) is 2. The van der Waals surface area contributed by atoms with Gasteiger partial charge in [-0.3, -0.25) is 4.79 Å². The topological polar surface area (TPSA) is 50.4 Å². The molecular weight excluding hydrogens is 288 g/mol. The molecule has 120 valence electrons. The van der Waals surface area contributed by atoms with Gasteiger partial charge in [0.15, 0.2) is 0 Å². The highest BCUT2D eigenvalue weighted by atomic mass is 16.5.